The second kappa shape index (κ2) is 6.95. The second-order valence-corrected chi connectivity index (χ2v) is 2.38. The molecule has 0 bridgehead atoms. The molecule has 3 heteroatoms. The lowest BCUT2D eigenvalue weighted by Gasteiger charge is -2.01. The van der Waals surface area contributed by atoms with Gasteiger partial charge in [0.2, 0.25) is 0 Å². The summed E-state index contributed by atoms with van der Waals surface area (Å²) < 4.78 is 0. The highest BCUT2D eigenvalue weighted by molar-refractivity contribution is 6.00. The van der Waals surface area contributed by atoms with Crippen molar-refractivity contribution in [3.8, 4) is 5.75 Å². The van der Waals surface area contributed by atoms with Gasteiger partial charge in [-0.2, -0.15) is 0 Å². The Hall–Kier alpha value is -1.51. The van der Waals surface area contributed by atoms with Crippen molar-refractivity contribution in [2.45, 2.75) is 20.8 Å². The summed E-state index contributed by atoms with van der Waals surface area (Å²) >= 11 is 0. The molecule has 0 heterocycles. The lowest BCUT2D eigenvalue weighted by Crippen LogP contribution is -1.95. The number of benzene rings is 1. The maximum Gasteiger partial charge on any atom is 0.124 e. The van der Waals surface area contributed by atoms with E-state index in [1.165, 1.54) is 7.11 Å². The third kappa shape index (κ3) is 3.47. The molecule has 1 aromatic carbocycles. The first kappa shape index (κ1) is 12.5. The van der Waals surface area contributed by atoms with Crippen molar-refractivity contribution in [1.29, 1.82) is 0 Å². The van der Waals surface area contributed by atoms with Crippen molar-refractivity contribution in [2.24, 2.45) is 5.16 Å². The standard InChI is InChI=1S/C9H11NO2.C2H6/c1-7(10-12-2)8-5-3-4-6-9(8)11;1-2/h3-6,11H,1-2H3;1-2H3/b10-7-;. The van der Waals surface area contributed by atoms with Crippen LogP contribution in [0.4, 0.5) is 0 Å². The fourth-order valence-corrected chi connectivity index (χ4v) is 0.966. The zero-order chi connectivity index (χ0) is 11.0. The Morgan fingerprint density at radius 2 is 1.86 bits per heavy atom. The van der Waals surface area contributed by atoms with E-state index in [2.05, 4.69) is 9.99 Å². The molecule has 1 aromatic rings. The molecule has 3 nitrogen and oxygen atoms in total. The van der Waals surface area contributed by atoms with Crippen LogP contribution in [0.25, 0.3) is 0 Å². The number of hydrogen-bond donors (Lipinski definition) is 1. The molecule has 0 aromatic heterocycles. The fourth-order valence-electron chi connectivity index (χ4n) is 0.966. The summed E-state index contributed by atoms with van der Waals surface area (Å²) in [6.45, 7) is 5.78. The molecule has 78 valence electrons. The van der Waals surface area contributed by atoms with Crippen LogP contribution in [0.5, 0.6) is 5.75 Å². The number of para-hydroxylation sites is 1. The van der Waals surface area contributed by atoms with Gasteiger partial charge in [-0.15, -0.1) is 0 Å². The van der Waals surface area contributed by atoms with Crippen LogP contribution in [0.2, 0.25) is 0 Å². The lowest BCUT2D eigenvalue weighted by molar-refractivity contribution is 0.213. The summed E-state index contributed by atoms with van der Waals surface area (Å²) in [5.74, 6) is 0.218. The average Bonchev–Trinajstić information content (AvgIpc) is 2.22. The molecule has 0 amide bonds. The highest BCUT2D eigenvalue weighted by Gasteiger charge is 2.02. The first-order valence-electron chi connectivity index (χ1n) is 4.62. The van der Waals surface area contributed by atoms with Crippen LogP contribution >= 0.6 is 0 Å². The Labute approximate surface area is 85.0 Å². The maximum atomic E-state index is 9.37. The predicted molar refractivity (Wildman–Crippen MR) is 58.7 cm³/mol. The van der Waals surface area contributed by atoms with Crippen molar-refractivity contribution in [3.05, 3.63) is 29.8 Å². The SMILES string of the molecule is CC.CO/N=C(/C)c1ccccc1O. The topological polar surface area (TPSA) is 41.8 Å². The van der Waals surface area contributed by atoms with Crippen LogP contribution in [0.15, 0.2) is 29.4 Å². The highest BCUT2D eigenvalue weighted by Crippen LogP contribution is 2.16. The summed E-state index contributed by atoms with van der Waals surface area (Å²) in [6, 6.07) is 7.00. The molecule has 0 aliphatic heterocycles. The van der Waals surface area contributed by atoms with Crippen LogP contribution in [-0.4, -0.2) is 17.9 Å². The van der Waals surface area contributed by atoms with E-state index in [1.54, 1.807) is 25.1 Å². The van der Waals surface area contributed by atoms with E-state index in [0.29, 0.717) is 11.3 Å². The summed E-state index contributed by atoms with van der Waals surface area (Å²) in [6.07, 6.45) is 0. The van der Waals surface area contributed by atoms with E-state index < -0.39 is 0 Å². The number of rotatable bonds is 2. The minimum atomic E-state index is 0.218. The Kier molecular flexibility index (Phi) is 6.20. The van der Waals surface area contributed by atoms with E-state index >= 15 is 0 Å². The normalized spacial score (nSPS) is 10.1. The largest absolute Gasteiger partial charge is 0.507 e. The van der Waals surface area contributed by atoms with Crippen LogP contribution in [0, 0.1) is 0 Å². The number of phenols is 1. The Morgan fingerprint density at radius 1 is 1.29 bits per heavy atom. The third-order valence-corrected chi connectivity index (χ3v) is 1.52. The van der Waals surface area contributed by atoms with Gasteiger partial charge in [-0.05, 0) is 19.1 Å². The van der Waals surface area contributed by atoms with E-state index in [9.17, 15) is 5.11 Å². The van der Waals surface area contributed by atoms with Gasteiger partial charge in [0.1, 0.15) is 12.9 Å². The Balaban J connectivity index is 0.000000791. The molecule has 14 heavy (non-hydrogen) atoms. The fraction of sp³-hybridized carbons (Fsp3) is 0.364. The Morgan fingerprint density at radius 3 is 2.36 bits per heavy atom. The minimum Gasteiger partial charge on any atom is -0.507 e. The van der Waals surface area contributed by atoms with Gasteiger partial charge in [-0.1, -0.05) is 31.1 Å². The van der Waals surface area contributed by atoms with Gasteiger partial charge in [-0.25, -0.2) is 0 Å². The first-order chi connectivity index (χ1) is 6.75. The minimum absolute atomic E-state index is 0.218. The van der Waals surface area contributed by atoms with Crippen molar-refractivity contribution in [3.63, 3.8) is 0 Å². The van der Waals surface area contributed by atoms with E-state index in [-0.39, 0.29) is 5.75 Å². The van der Waals surface area contributed by atoms with Crippen molar-refractivity contribution >= 4 is 5.71 Å². The van der Waals surface area contributed by atoms with E-state index in [1.807, 2.05) is 19.9 Å². The van der Waals surface area contributed by atoms with Gasteiger partial charge in [0.05, 0.1) is 5.71 Å². The van der Waals surface area contributed by atoms with Crippen molar-refractivity contribution in [2.75, 3.05) is 7.11 Å². The molecule has 0 saturated heterocycles. The van der Waals surface area contributed by atoms with Gasteiger partial charge in [0, 0.05) is 5.56 Å². The smallest absolute Gasteiger partial charge is 0.124 e. The monoisotopic (exact) mass is 195 g/mol. The molecule has 0 aliphatic carbocycles. The molecule has 0 unspecified atom stereocenters. The zero-order valence-corrected chi connectivity index (χ0v) is 9.11. The maximum absolute atomic E-state index is 9.37. The first-order valence-corrected chi connectivity index (χ1v) is 4.62. The van der Waals surface area contributed by atoms with Gasteiger partial charge in [0.25, 0.3) is 0 Å². The molecule has 1 N–H and O–H groups in total. The molecule has 0 saturated carbocycles. The van der Waals surface area contributed by atoms with Crippen molar-refractivity contribution in [1.82, 2.24) is 0 Å². The van der Waals surface area contributed by atoms with Crippen LogP contribution in [-0.2, 0) is 4.84 Å². The number of nitrogens with zero attached hydrogens (tertiary/aromatic N) is 1. The Bertz CT molecular complexity index is 295. The highest BCUT2D eigenvalue weighted by atomic mass is 16.6. The predicted octanol–water partition coefficient (Wildman–Crippen LogP) is 2.79. The average molecular weight is 195 g/mol. The van der Waals surface area contributed by atoms with E-state index in [0.717, 1.165) is 0 Å². The molecular formula is C11H17NO2. The van der Waals surface area contributed by atoms with Gasteiger partial charge < -0.3 is 9.94 Å². The summed E-state index contributed by atoms with van der Waals surface area (Å²) in [7, 11) is 1.48. The number of oxime groups is 1. The van der Waals surface area contributed by atoms with Gasteiger partial charge >= 0.3 is 0 Å². The number of aromatic hydroxyl groups is 1. The molecular weight excluding hydrogens is 178 g/mol. The van der Waals surface area contributed by atoms with Crippen molar-refractivity contribution < 1.29 is 9.94 Å². The van der Waals surface area contributed by atoms with Gasteiger partial charge in [-0.3, -0.25) is 0 Å². The summed E-state index contributed by atoms with van der Waals surface area (Å²) in [4.78, 5) is 4.59. The quantitative estimate of drug-likeness (QED) is 0.582. The summed E-state index contributed by atoms with van der Waals surface area (Å²) in [5.41, 5.74) is 1.36. The van der Waals surface area contributed by atoms with Crippen LogP contribution in [0.3, 0.4) is 0 Å². The number of phenolic OH excluding ortho intramolecular Hbond substituents is 1. The van der Waals surface area contributed by atoms with Crippen LogP contribution in [0.1, 0.15) is 26.3 Å². The van der Waals surface area contributed by atoms with Crippen LogP contribution < -0.4 is 0 Å². The molecule has 0 fully saturated rings. The summed E-state index contributed by atoms with van der Waals surface area (Å²) in [5, 5.41) is 13.1. The molecule has 0 aliphatic rings. The molecule has 1 rings (SSSR count). The second-order valence-electron chi connectivity index (χ2n) is 2.38. The third-order valence-electron chi connectivity index (χ3n) is 1.52. The molecule has 0 spiro atoms. The molecule has 0 radical (unpaired) electrons. The van der Waals surface area contributed by atoms with E-state index in [4.69, 9.17) is 0 Å². The lowest BCUT2D eigenvalue weighted by atomic mass is 10.1. The number of hydrogen-bond acceptors (Lipinski definition) is 3. The zero-order valence-electron chi connectivity index (χ0n) is 9.11. The molecule has 0 atom stereocenters. The van der Waals surface area contributed by atoms with Gasteiger partial charge in [0.15, 0.2) is 0 Å².